The van der Waals surface area contributed by atoms with Gasteiger partial charge in [-0.2, -0.15) is 0 Å². The van der Waals surface area contributed by atoms with E-state index < -0.39 is 6.04 Å². The minimum Gasteiger partial charge on any atom is -0.330 e. The van der Waals surface area contributed by atoms with Crippen molar-refractivity contribution in [1.29, 1.82) is 0 Å². The first-order valence-corrected chi connectivity index (χ1v) is 11.3. The first-order chi connectivity index (χ1) is 15.0. The molecule has 3 aliphatic rings. The fourth-order valence-electron chi connectivity index (χ4n) is 5.28. The predicted molar refractivity (Wildman–Crippen MR) is 112 cm³/mol. The van der Waals surface area contributed by atoms with Crippen LogP contribution in [-0.4, -0.2) is 62.5 Å². The van der Waals surface area contributed by atoms with Crippen molar-refractivity contribution in [2.75, 3.05) is 18.4 Å². The molecule has 2 atom stereocenters. The summed E-state index contributed by atoms with van der Waals surface area (Å²) in [5, 5.41) is 13.2. The van der Waals surface area contributed by atoms with Gasteiger partial charge in [-0.05, 0) is 42.9 Å². The van der Waals surface area contributed by atoms with Gasteiger partial charge in [0.15, 0.2) is 5.82 Å². The van der Waals surface area contributed by atoms with Crippen molar-refractivity contribution in [3.63, 3.8) is 0 Å². The van der Waals surface area contributed by atoms with Gasteiger partial charge in [0.05, 0.1) is 12.7 Å². The smallest absolute Gasteiger partial charge is 0.248 e. The summed E-state index contributed by atoms with van der Waals surface area (Å²) in [6.07, 6.45) is 13.3. The van der Waals surface area contributed by atoms with E-state index in [1.807, 2.05) is 0 Å². The standard InChI is InChI=1S/C22H31N5O4/c28-15-26(31)13-17(9-16-3-1-2-4-16)10-20(29)27-14-22(5-6-22)11-18(27)21(30)25-19-12-23-7-8-24-19/h7-8,12,15-18,31H,1-6,9-11,13-14H2,(H,24,25,30)/t17-,18+/m1/s1. The molecule has 2 N–H and O–H groups in total. The van der Waals surface area contributed by atoms with Crippen LogP contribution in [0.5, 0.6) is 0 Å². The molecule has 31 heavy (non-hydrogen) atoms. The normalized spacial score (nSPS) is 23.0. The number of amides is 3. The summed E-state index contributed by atoms with van der Waals surface area (Å²) in [6, 6.07) is -0.527. The van der Waals surface area contributed by atoms with E-state index in [9.17, 15) is 19.6 Å². The lowest BCUT2D eigenvalue weighted by Gasteiger charge is -2.28. The highest BCUT2D eigenvalue weighted by molar-refractivity contribution is 5.97. The van der Waals surface area contributed by atoms with Gasteiger partial charge in [0.2, 0.25) is 18.2 Å². The van der Waals surface area contributed by atoms with Crippen molar-refractivity contribution in [2.45, 2.75) is 63.8 Å². The summed E-state index contributed by atoms with van der Waals surface area (Å²) in [5.74, 6) is 0.469. The third-order valence-corrected chi connectivity index (χ3v) is 7.07. The molecular formula is C22H31N5O4. The highest BCUT2D eigenvalue weighted by Crippen LogP contribution is 2.55. The molecule has 1 aromatic heterocycles. The molecule has 0 aromatic carbocycles. The maximum absolute atomic E-state index is 13.3. The molecule has 2 aliphatic carbocycles. The second-order valence-corrected chi connectivity index (χ2v) is 9.51. The molecular weight excluding hydrogens is 398 g/mol. The van der Waals surface area contributed by atoms with E-state index in [0.29, 0.717) is 36.2 Å². The highest BCUT2D eigenvalue weighted by atomic mass is 16.5. The van der Waals surface area contributed by atoms with Crippen LogP contribution in [0.1, 0.15) is 57.8 Å². The number of nitrogens with one attached hydrogen (secondary N) is 1. The monoisotopic (exact) mass is 429 g/mol. The van der Waals surface area contributed by atoms with Gasteiger partial charge in [-0.3, -0.25) is 24.6 Å². The zero-order valence-electron chi connectivity index (χ0n) is 17.8. The van der Waals surface area contributed by atoms with Gasteiger partial charge in [-0.1, -0.05) is 25.7 Å². The molecule has 2 saturated carbocycles. The third-order valence-electron chi connectivity index (χ3n) is 7.07. The molecule has 1 aromatic rings. The number of anilines is 1. The van der Waals surface area contributed by atoms with E-state index in [4.69, 9.17) is 0 Å². The Balaban J connectivity index is 1.43. The van der Waals surface area contributed by atoms with E-state index in [1.54, 1.807) is 4.90 Å². The lowest BCUT2D eigenvalue weighted by molar-refractivity contribution is -0.154. The number of carbonyl (C=O) groups excluding carboxylic acids is 3. The molecule has 0 unspecified atom stereocenters. The molecule has 9 heteroatoms. The van der Waals surface area contributed by atoms with Gasteiger partial charge in [-0.25, -0.2) is 10.0 Å². The number of nitrogens with zero attached hydrogens (tertiary/aromatic N) is 4. The van der Waals surface area contributed by atoms with Gasteiger partial charge in [0.1, 0.15) is 6.04 Å². The van der Waals surface area contributed by atoms with Gasteiger partial charge in [0, 0.05) is 25.4 Å². The average molecular weight is 430 g/mol. The largest absolute Gasteiger partial charge is 0.330 e. The Hall–Kier alpha value is -2.55. The quantitative estimate of drug-likeness (QED) is 0.353. The van der Waals surface area contributed by atoms with Gasteiger partial charge in [0.25, 0.3) is 0 Å². The minimum atomic E-state index is -0.527. The van der Waals surface area contributed by atoms with Crippen molar-refractivity contribution in [3.05, 3.63) is 18.6 Å². The minimum absolute atomic E-state index is 0.0623. The Morgan fingerprint density at radius 3 is 2.74 bits per heavy atom. The first kappa shape index (κ1) is 21.7. The lowest BCUT2D eigenvalue weighted by atomic mass is 9.90. The van der Waals surface area contributed by atoms with Crippen molar-refractivity contribution in [2.24, 2.45) is 17.3 Å². The van der Waals surface area contributed by atoms with E-state index in [-0.39, 0.29) is 36.1 Å². The molecule has 1 saturated heterocycles. The second kappa shape index (κ2) is 9.30. The van der Waals surface area contributed by atoms with Crippen molar-refractivity contribution >= 4 is 24.0 Å². The molecule has 1 aliphatic heterocycles. The molecule has 3 amide bonds. The SMILES string of the molecule is O=CN(O)C[C@@H](CC(=O)N1CC2(CC2)C[C@H]1C(=O)Nc1cnccn1)CC1CCCC1. The number of hydroxylamine groups is 2. The molecule has 0 radical (unpaired) electrons. The van der Waals surface area contributed by atoms with Crippen molar-refractivity contribution in [3.8, 4) is 0 Å². The van der Waals surface area contributed by atoms with E-state index in [1.165, 1.54) is 31.4 Å². The van der Waals surface area contributed by atoms with Gasteiger partial charge in [-0.15, -0.1) is 0 Å². The summed E-state index contributed by atoms with van der Waals surface area (Å²) >= 11 is 0. The van der Waals surface area contributed by atoms with E-state index in [2.05, 4.69) is 15.3 Å². The number of hydrogen-bond donors (Lipinski definition) is 2. The number of carbonyl (C=O) groups is 3. The maximum Gasteiger partial charge on any atom is 0.248 e. The van der Waals surface area contributed by atoms with Crippen LogP contribution in [0.3, 0.4) is 0 Å². The van der Waals surface area contributed by atoms with Crippen LogP contribution >= 0.6 is 0 Å². The number of aromatic nitrogens is 2. The summed E-state index contributed by atoms with van der Waals surface area (Å²) in [7, 11) is 0. The van der Waals surface area contributed by atoms with Crippen LogP contribution in [0.4, 0.5) is 5.82 Å². The fraction of sp³-hybridized carbons (Fsp3) is 0.682. The first-order valence-electron chi connectivity index (χ1n) is 11.3. The lowest BCUT2D eigenvalue weighted by Crippen LogP contribution is -2.44. The van der Waals surface area contributed by atoms with Crippen LogP contribution < -0.4 is 5.32 Å². The Morgan fingerprint density at radius 2 is 2.10 bits per heavy atom. The number of likely N-dealkylation sites (tertiary alicyclic amines) is 1. The summed E-state index contributed by atoms with van der Waals surface area (Å²) < 4.78 is 0. The Labute approximate surface area is 182 Å². The van der Waals surface area contributed by atoms with Crippen LogP contribution in [0.25, 0.3) is 0 Å². The zero-order chi connectivity index (χ0) is 21.8. The molecule has 4 rings (SSSR count). The van der Waals surface area contributed by atoms with Crippen molar-refractivity contribution < 1.29 is 19.6 Å². The summed E-state index contributed by atoms with van der Waals surface area (Å²) in [6.45, 7) is 0.734. The van der Waals surface area contributed by atoms with Gasteiger partial charge < -0.3 is 10.2 Å². The second-order valence-electron chi connectivity index (χ2n) is 9.51. The van der Waals surface area contributed by atoms with Gasteiger partial charge >= 0.3 is 0 Å². The molecule has 3 fully saturated rings. The number of rotatable bonds is 9. The Bertz CT molecular complexity index is 794. The summed E-state index contributed by atoms with van der Waals surface area (Å²) in [4.78, 5) is 47.0. The van der Waals surface area contributed by atoms with Crippen LogP contribution in [0.15, 0.2) is 18.6 Å². The average Bonchev–Trinajstić information content (AvgIpc) is 3.13. The molecule has 0 bridgehead atoms. The molecule has 2 heterocycles. The predicted octanol–water partition coefficient (Wildman–Crippen LogP) is 2.23. The molecule has 168 valence electrons. The zero-order valence-corrected chi connectivity index (χ0v) is 17.8. The molecule has 1 spiro atoms. The Kier molecular flexibility index (Phi) is 6.50. The third kappa shape index (κ3) is 5.39. The van der Waals surface area contributed by atoms with Crippen LogP contribution in [0.2, 0.25) is 0 Å². The number of hydrogen-bond acceptors (Lipinski definition) is 6. The van der Waals surface area contributed by atoms with Crippen LogP contribution in [-0.2, 0) is 14.4 Å². The summed E-state index contributed by atoms with van der Waals surface area (Å²) in [5.41, 5.74) is 0.0623. The van der Waals surface area contributed by atoms with Crippen molar-refractivity contribution in [1.82, 2.24) is 19.9 Å². The van der Waals surface area contributed by atoms with E-state index >= 15 is 0 Å². The van der Waals surface area contributed by atoms with E-state index in [0.717, 1.165) is 32.1 Å². The maximum atomic E-state index is 13.3. The fourth-order valence-corrected chi connectivity index (χ4v) is 5.28. The molecule has 9 nitrogen and oxygen atoms in total. The van der Waals surface area contributed by atoms with Crippen LogP contribution in [0, 0.1) is 17.3 Å². The Morgan fingerprint density at radius 1 is 1.32 bits per heavy atom. The highest BCUT2D eigenvalue weighted by Gasteiger charge is 2.55. The topological polar surface area (TPSA) is 116 Å².